The van der Waals surface area contributed by atoms with E-state index in [9.17, 15) is 0 Å². The molecule has 0 atom stereocenters. The molecule has 0 saturated heterocycles. The van der Waals surface area contributed by atoms with Crippen LogP contribution in [0.1, 0.15) is 22.3 Å². The van der Waals surface area contributed by atoms with Gasteiger partial charge in [-0.1, -0.05) is 182 Å². The monoisotopic (exact) mass is 930 g/mol. The third kappa shape index (κ3) is 5.55. The van der Waals surface area contributed by atoms with Gasteiger partial charge in [0.05, 0.1) is 16.8 Å². The zero-order chi connectivity index (χ0) is 47.8. The second-order valence-electron chi connectivity index (χ2n) is 19.5. The van der Waals surface area contributed by atoms with Gasteiger partial charge in [-0.15, -0.1) is 0 Å². The van der Waals surface area contributed by atoms with Crippen LogP contribution in [0.5, 0.6) is 0 Å². The lowest BCUT2D eigenvalue weighted by Gasteiger charge is -2.33. The van der Waals surface area contributed by atoms with Gasteiger partial charge in [0, 0.05) is 44.3 Å². The van der Waals surface area contributed by atoms with Crippen LogP contribution in [0.15, 0.2) is 264 Å². The summed E-state index contributed by atoms with van der Waals surface area (Å²) >= 11 is 0. The smallest absolute Gasteiger partial charge is 0.159 e. The maximum Gasteiger partial charge on any atom is 0.159 e. The minimum Gasteiger partial charge on any atom is -0.454 e. The fourth-order valence-corrected chi connectivity index (χ4v) is 12.9. The van der Waals surface area contributed by atoms with Gasteiger partial charge in [0.25, 0.3) is 0 Å². The lowest BCUT2D eigenvalue weighted by Crippen LogP contribution is -2.26. The van der Waals surface area contributed by atoms with E-state index in [4.69, 9.17) is 8.83 Å². The molecular weight excluding hydrogens is 889 g/mol. The summed E-state index contributed by atoms with van der Waals surface area (Å²) in [6.07, 6.45) is 0. The van der Waals surface area contributed by atoms with Gasteiger partial charge in [0.1, 0.15) is 11.2 Å². The summed E-state index contributed by atoms with van der Waals surface area (Å²) in [4.78, 5) is 4.70. The number of hydrogen-bond donors (Lipinski definition) is 0. The van der Waals surface area contributed by atoms with Crippen molar-refractivity contribution < 1.29 is 8.83 Å². The fraction of sp³-hybridized carbons (Fsp3) is 0.0145. The summed E-state index contributed by atoms with van der Waals surface area (Å²) in [6.45, 7) is 0. The second-order valence-corrected chi connectivity index (χ2v) is 19.5. The average molecular weight is 931 g/mol. The number of nitrogens with zero attached hydrogens (tertiary/aromatic N) is 2. The van der Waals surface area contributed by atoms with Gasteiger partial charge in [-0.25, -0.2) is 0 Å². The molecule has 12 aromatic carbocycles. The normalized spacial score (nSPS) is 13.0. The SMILES string of the molecule is c1ccc(N(c2ccc3c4c(ccc3c2)-c2ccc3cc(N(c5ccccc5)c5cccc6c5oc5ccccc56)ccc3c2C42c3ccccc3-c3ccccc32)c2cccc3c2oc2ccccc23)cc1. The predicted octanol–water partition coefficient (Wildman–Crippen LogP) is 19.1. The van der Waals surface area contributed by atoms with Crippen molar-refractivity contribution in [3.63, 3.8) is 0 Å². The van der Waals surface area contributed by atoms with E-state index in [0.29, 0.717) is 0 Å². The second kappa shape index (κ2) is 15.2. The Morgan fingerprint density at radius 1 is 0.274 bits per heavy atom. The van der Waals surface area contributed by atoms with Crippen molar-refractivity contribution in [2.45, 2.75) is 5.41 Å². The molecule has 340 valence electrons. The third-order valence-corrected chi connectivity index (χ3v) is 15.8. The molecule has 0 saturated carbocycles. The molecule has 2 aliphatic carbocycles. The quantitative estimate of drug-likeness (QED) is 0.166. The number of furan rings is 2. The lowest BCUT2D eigenvalue weighted by atomic mass is 9.68. The van der Waals surface area contributed by atoms with Crippen LogP contribution in [0, 0.1) is 0 Å². The molecule has 2 aromatic heterocycles. The van der Waals surface area contributed by atoms with Crippen molar-refractivity contribution in [3.8, 4) is 22.3 Å². The van der Waals surface area contributed by atoms with Crippen LogP contribution in [0.4, 0.5) is 34.1 Å². The molecule has 1 spiro atoms. The Morgan fingerprint density at radius 3 is 1.16 bits per heavy atom. The van der Waals surface area contributed by atoms with E-state index in [0.717, 1.165) is 78.0 Å². The summed E-state index contributed by atoms with van der Waals surface area (Å²) in [5.41, 5.74) is 19.5. The van der Waals surface area contributed by atoms with Crippen LogP contribution >= 0.6 is 0 Å². The van der Waals surface area contributed by atoms with Crippen LogP contribution < -0.4 is 9.80 Å². The summed E-state index contributed by atoms with van der Waals surface area (Å²) in [7, 11) is 0. The average Bonchev–Trinajstić information content (AvgIpc) is 4.30. The Morgan fingerprint density at radius 2 is 0.685 bits per heavy atom. The van der Waals surface area contributed by atoms with E-state index >= 15 is 0 Å². The van der Waals surface area contributed by atoms with Gasteiger partial charge in [-0.2, -0.15) is 0 Å². The Hall–Kier alpha value is -9.64. The first-order valence-corrected chi connectivity index (χ1v) is 25.1. The number of anilines is 6. The van der Waals surface area contributed by atoms with Crippen LogP contribution in [-0.2, 0) is 5.41 Å². The van der Waals surface area contributed by atoms with E-state index in [-0.39, 0.29) is 0 Å². The fourth-order valence-electron chi connectivity index (χ4n) is 12.9. The third-order valence-electron chi connectivity index (χ3n) is 15.8. The molecule has 0 N–H and O–H groups in total. The van der Waals surface area contributed by atoms with Gasteiger partial charge < -0.3 is 18.6 Å². The Kier molecular flexibility index (Phi) is 8.35. The number of rotatable bonds is 6. The first-order valence-electron chi connectivity index (χ1n) is 25.1. The largest absolute Gasteiger partial charge is 0.454 e. The van der Waals surface area contributed by atoms with E-state index in [1.807, 2.05) is 12.1 Å². The zero-order valence-corrected chi connectivity index (χ0v) is 39.5. The number of para-hydroxylation sites is 6. The molecule has 0 aliphatic heterocycles. The van der Waals surface area contributed by atoms with E-state index in [2.05, 4.69) is 252 Å². The van der Waals surface area contributed by atoms with Gasteiger partial charge in [-0.3, -0.25) is 0 Å². The van der Waals surface area contributed by atoms with Gasteiger partial charge in [0.2, 0.25) is 0 Å². The zero-order valence-electron chi connectivity index (χ0n) is 39.5. The predicted molar refractivity (Wildman–Crippen MR) is 302 cm³/mol. The van der Waals surface area contributed by atoms with Crippen LogP contribution in [0.2, 0.25) is 0 Å². The first-order chi connectivity index (χ1) is 36.2. The topological polar surface area (TPSA) is 32.8 Å². The highest BCUT2D eigenvalue weighted by Gasteiger charge is 2.53. The highest BCUT2D eigenvalue weighted by molar-refractivity contribution is 6.14. The van der Waals surface area contributed by atoms with Crippen molar-refractivity contribution in [1.82, 2.24) is 0 Å². The molecule has 0 unspecified atom stereocenters. The van der Waals surface area contributed by atoms with Crippen molar-refractivity contribution >= 4 is 99.5 Å². The van der Waals surface area contributed by atoms with E-state index in [1.54, 1.807) is 0 Å². The Balaban J connectivity index is 0.927. The minimum atomic E-state index is -0.599. The van der Waals surface area contributed by atoms with Crippen LogP contribution in [0.3, 0.4) is 0 Å². The maximum atomic E-state index is 6.70. The van der Waals surface area contributed by atoms with Crippen molar-refractivity contribution in [1.29, 1.82) is 0 Å². The molecule has 16 rings (SSSR count). The molecule has 73 heavy (non-hydrogen) atoms. The number of benzene rings is 12. The summed E-state index contributed by atoms with van der Waals surface area (Å²) < 4.78 is 13.4. The summed E-state index contributed by atoms with van der Waals surface area (Å²) in [5.74, 6) is 0. The number of hydrogen-bond acceptors (Lipinski definition) is 4. The highest BCUT2D eigenvalue weighted by Crippen LogP contribution is 2.65. The molecule has 0 fully saturated rings. The highest BCUT2D eigenvalue weighted by atomic mass is 16.3. The summed E-state index contributed by atoms with van der Waals surface area (Å²) in [6, 6.07) is 92.8. The standard InChI is InChI=1S/C69H42N2O2/c1-3-17-45(18-4-1)70(61-29-15-25-57-53-23-9-13-31-63(53)72-67(57)61)47-35-39-49-43(41-47)33-37-55-56-38-34-44-42-48(71(46-19-5-2-6-20-46)62-30-16-26-58-54-24-10-14-32-64(54)73-68(58)62)36-40-50(44)66(56)69(65(49)55)59-27-11-7-21-51(59)52-22-8-12-28-60(52)69/h1-42H. The molecule has 4 heteroatoms. The van der Waals surface area contributed by atoms with E-state index in [1.165, 1.54) is 66.1 Å². The first kappa shape index (κ1) is 40.1. The van der Waals surface area contributed by atoms with E-state index < -0.39 is 5.41 Å². The van der Waals surface area contributed by atoms with Crippen molar-refractivity contribution in [2.75, 3.05) is 9.80 Å². The van der Waals surface area contributed by atoms with Gasteiger partial charge >= 0.3 is 0 Å². The van der Waals surface area contributed by atoms with Crippen molar-refractivity contribution in [3.05, 3.63) is 277 Å². The number of fused-ring (bicyclic) bond motifs is 20. The lowest BCUT2D eigenvalue weighted by molar-refractivity contribution is 0.668. The van der Waals surface area contributed by atoms with Crippen LogP contribution in [-0.4, -0.2) is 0 Å². The molecular formula is C69H42N2O2. The Labute approximate surface area is 420 Å². The van der Waals surface area contributed by atoms with Gasteiger partial charge in [-0.05, 0) is 139 Å². The minimum absolute atomic E-state index is 0.599. The van der Waals surface area contributed by atoms with Crippen LogP contribution in [0.25, 0.3) is 87.7 Å². The molecule has 0 amide bonds. The van der Waals surface area contributed by atoms with Gasteiger partial charge in [0.15, 0.2) is 11.2 Å². The molecule has 4 nitrogen and oxygen atoms in total. The Bertz CT molecular complexity index is 4290. The molecule has 0 radical (unpaired) electrons. The maximum absolute atomic E-state index is 6.70. The van der Waals surface area contributed by atoms with Crippen molar-refractivity contribution in [2.24, 2.45) is 0 Å². The molecule has 14 aromatic rings. The molecule has 2 aliphatic rings. The molecule has 2 heterocycles. The molecule has 0 bridgehead atoms. The summed E-state index contributed by atoms with van der Waals surface area (Å²) in [5, 5.41) is 9.24.